The molecule has 0 atom stereocenters. The molecule has 0 bridgehead atoms. The summed E-state index contributed by atoms with van der Waals surface area (Å²) in [6.45, 7) is 4.83. The molecule has 0 N–H and O–H groups in total. The van der Waals surface area contributed by atoms with Crippen molar-refractivity contribution in [1.82, 2.24) is 0 Å². The molecule has 0 saturated carbocycles. The molecular weight excluding hydrogens is 338 g/mol. The number of hydrogen-bond donors (Lipinski definition) is 0. The minimum Gasteiger partial charge on any atom is -0.493 e. The van der Waals surface area contributed by atoms with Crippen LogP contribution in [-0.2, 0) is 0 Å². The summed E-state index contributed by atoms with van der Waals surface area (Å²) < 4.78 is 5.73. The highest BCUT2D eigenvalue weighted by Gasteiger charge is 2.09. The van der Waals surface area contributed by atoms with Crippen molar-refractivity contribution in [3.8, 4) is 5.75 Å². The molecule has 1 aromatic carbocycles. The number of nitro benzene ring substituents is 1. The number of rotatable bonds is 17. The van der Waals surface area contributed by atoms with Crippen molar-refractivity contribution in [3.63, 3.8) is 0 Å². The lowest BCUT2D eigenvalue weighted by molar-refractivity contribution is -0.384. The maximum absolute atomic E-state index is 10.8. The summed E-state index contributed by atoms with van der Waals surface area (Å²) >= 11 is 0. The van der Waals surface area contributed by atoms with E-state index in [0.29, 0.717) is 12.4 Å². The summed E-state index contributed by atoms with van der Waals surface area (Å²) in [5, 5.41) is 10.8. The smallest absolute Gasteiger partial charge is 0.273 e. The zero-order valence-corrected chi connectivity index (χ0v) is 17.5. The second-order valence-corrected chi connectivity index (χ2v) is 7.65. The van der Waals surface area contributed by atoms with E-state index in [1.165, 1.54) is 95.6 Å². The van der Waals surface area contributed by atoms with E-state index in [1.54, 1.807) is 6.07 Å². The fourth-order valence-electron chi connectivity index (χ4n) is 3.34. The van der Waals surface area contributed by atoms with E-state index in [1.807, 2.05) is 6.92 Å². The lowest BCUT2D eigenvalue weighted by atomic mass is 10.0. The molecule has 27 heavy (non-hydrogen) atoms. The number of nitro groups is 1. The van der Waals surface area contributed by atoms with Crippen LogP contribution in [0.2, 0.25) is 0 Å². The van der Waals surface area contributed by atoms with Crippen LogP contribution in [0.25, 0.3) is 0 Å². The number of nitrogens with zero attached hydrogens (tertiary/aromatic N) is 1. The Morgan fingerprint density at radius 2 is 1.30 bits per heavy atom. The van der Waals surface area contributed by atoms with Crippen LogP contribution in [0.15, 0.2) is 18.2 Å². The van der Waals surface area contributed by atoms with Crippen molar-refractivity contribution in [2.45, 2.75) is 104 Å². The quantitative estimate of drug-likeness (QED) is 0.158. The summed E-state index contributed by atoms with van der Waals surface area (Å²) in [7, 11) is 0. The van der Waals surface area contributed by atoms with Crippen LogP contribution < -0.4 is 4.74 Å². The molecule has 4 heteroatoms. The Morgan fingerprint density at radius 1 is 0.815 bits per heavy atom. The highest BCUT2D eigenvalue weighted by molar-refractivity contribution is 5.43. The van der Waals surface area contributed by atoms with E-state index < -0.39 is 0 Å². The predicted molar refractivity (Wildman–Crippen MR) is 114 cm³/mol. The Labute approximate surface area is 165 Å². The highest BCUT2D eigenvalue weighted by Crippen LogP contribution is 2.24. The third kappa shape index (κ3) is 11.7. The molecule has 0 spiro atoms. The summed E-state index contributed by atoms with van der Waals surface area (Å²) in [5.74, 6) is 0.638. The van der Waals surface area contributed by atoms with Crippen LogP contribution in [0.3, 0.4) is 0 Å². The summed E-state index contributed by atoms with van der Waals surface area (Å²) in [4.78, 5) is 10.5. The molecule has 0 radical (unpaired) electrons. The minimum absolute atomic E-state index is 0.0940. The van der Waals surface area contributed by atoms with Gasteiger partial charge in [0, 0.05) is 6.07 Å². The van der Waals surface area contributed by atoms with E-state index in [9.17, 15) is 10.1 Å². The van der Waals surface area contributed by atoms with Crippen molar-refractivity contribution < 1.29 is 9.66 Å². The van der Waals surface area contributed by atoms with Gasteiger partial charge in [-0.1, -0.05) is 90.4 Å². The summed E-state index contributed by atoms with van der Waals surface area (Å²) in [6, 6.07) is 4.80. The molecule has 0 aliphatic rings. The molecule has 0 fully saturated rings. The van der Waals surface area contributed by atoms with Crippen LogP contribution in [0.5, 0.6) is 5.75 Å². The molecule has 4 nitrogen and oxygen atoms in total. The highest BCUT2D eigenvalue weighted by atomic mass is 16.6. The molecule has 0 aliphatic carbocycles. The standard InChI is InChI=1S/C23H39NO3/c1-3-4-5-6-7-8-9-10-11-12-13-14-15-16-19-27-23-20-22(24(25)26)18-17-21(23)2/h17-18,20H,3-16,19H2,1-2H3. The topological polar surface area (TPSA) is 52.4 Å². The summed E-state index contributed by atoms with van der Waals surface area (Å²) in [6.07, 6.45) is 18.7. The van der Waals surface area contributed by atoms with Crippen LogP contribution in [0, 0.1) is 17.0 Å². The second kappa shape index (κ2) is 15.5. The Hall–Kier alpha value is -1.58. The third-order valence-electron chi connectivity index (χ3n) is 5.14. The number of hydrogen-bond acceptors (Lipinski definition) is 3. The molecule has 0 amide bonds. The zero-order valence-electron chi connectivity index (χ0n) is 17.5. The first kappa shape index (κ1) is 23.5. The average Bonchev–Trinajstić information content (AvgIpc) is 2.66. The number of aryl methyl sites for hydroxylation is 1. The van der Waals surface area contributed by atoms with Crippen molar-refractivity contribution in [1.29, 1.82) is 0 Å². The van der Waals surface area contributed by atoms with E-state index in [-0.39, 0.29) is 10.6 Å². The van der Waals surface area contributed by atoms with Crippen LogP contribution in [0.4, 0.5) is 5.69 Å². The van der Waals surface area contributed by atoms with Gasteiger partial charge in [0.2, 0.25) is 0 Å². The Bertz CT molecular complexity index is 516. The van der Waals surface area contributed by atoms with Crippen molar-refractivity contribution in [2.75, 3.05) is 6.61 Å². The van der Waals surface area contributed by atoms with Crippen molar-refractivity contribution >= 4 is 5.69 Å². The largest absolute Gasteiger partial charge is 0.493 e. The Balaban J connectivity index is 1.92. The number of non-ortho nitro benzene ring substituents is 1. The normalized spacial score (nSPS) is 10.9. The molecule has 1 aromatic rings. The van der Waals surface area contributed by atoms with Gasteiger partial charge in [0.15, 0.2) is 0 Å². The van der Waals surface area contributed by atoms with Crippen molar-refractivity contribution in [3.05, 3.63) is 33.9 Å². The van der Waals surface area contributed by atoms with Crippen LogP contribution in [0.1, 0.15) is 102 Å². The summed E-state index contributed by atoms with van der Waals surface area (Å²) in [5.41, 5.74) is 1.04. The predicted octanol–water partition coefficient (Wildman–Crippen LogP) is 7.76. The molecule has 0 saturated heterocycles. The monoisotopic (exact) mass is 377 g/mol. The SMILES string of the molecule is CCCCCCCCCCCCCCCCOc1cc([N+](=O)[O-])ccc1C. The fourth-order valence-corrected chi connectivity index (χ4v) is 3.34. The fraction of sp³-hybridized carbons (Fsp3) is 0.739. The van der Waals surface area contributed by atoms with Gasteiger partial charge in [-0.15, -0.1) is 0 Å². The van der Waals surface area contributed by atoms with E-state index in [2.05, 4.69) is 6.92 Å². The maximum Gasteiger partial charge on any atom is 0.273 e. The van der Waals surface area contributed by atoms with Gasteiger partial charge in [0.25, 0.3) is 5.69 Å². The Morgan fingerprint density at radius 3 is 1.78 bits per heavy atom. The number of ether oxygens (including phenoxy) is 1. The van der Waals surface area contributed by atoms with Crippen molar-refractivity contribution in [2.24, 2.45) is 0 Å². The molecule has 154 valence electrons. The first-order chi connectivity index (χ1) is 13.1. The lowest BCUT2D eigenvalue weighted by Crippen LogP contribution is -2.00. The molecule has 0 aromatic heterocycles. The molecular formula is C23H39NO3. The van der Waals surface area contributed by atoms with E-state index >= 15 is 0 Å². The number of benzene rings is 1. The molecule has 0 unspecified atom stereocenters. The van der Waals surface area contributed by atoms with Gasteiger partial charge >= 0.3 is 0 Å². The lowest BCUT2D eigenvalue weighted by Gasteiger charge is -2.09. The van der Waals surface area contributed by atoms with Gasteiger partial charge in [0.1, 0.15) is 5.75 Å². The second-order valence-electron chi connectivity index (χ2n) is 7.65. The van der Waals surface area contributed by atoms with E-state index in [4.69, 9.17) is 4.74 Å². The molecule has 1 rings (SSSR count). The maximum atomic E-state index is 10.8. The van der Waals surface area contributed by atoms with Gasteiger partial charge in [-0.25, -0.2) is 0 Å². The molecule has 0 heterocycles. The van der Waals surface area contributed by atoms with Gasteiger partial charge in [-0.2, -0.15) is 0 Å². The molecule has 0 aliphatic heterocycles. The Kier molecular flexibility index (Phi) is 13.4. The van der Waals surface area contributed by atoms with Gasteiger partial charge < -0.3 is 4.74 Å². The van der Waals surface area contributed by atoms with Crippen LogP contribution in [-0.4, -0.2) is 11.5 Å². The van der Waals surface area contributed by atoms with E-state index in [0.717, 1.165) is 12.0 Å². The zero-order chi connectivity index (χ0) is 19.7. The minimum atomic E-state index is -0.376. The van der Waals surface area contributed by atoms with Gasteiger partial charge in [-0.05, 0) is 25.0 Å². The first-order valence-corrected chi connectivity index (χ1v) is 11.0. The first-order valence-electron chi connectivity index (χ1n) is 11.0. The average molecular weight is 378 g/mol. The van der Waals surface area contributed by atoms with Crippen LogP contribution >= 0.6 is 0 Å². The van der Waals surface area contributed by atoms with Gasteiger partial charge in [-0.3, -0.25) is 10.1 Å². The number of unbranched alkanes of at least 4 members (excludes halogenated alkanes) is 13. The third-order valence-corrected chi connectivity index (χ3v) is 5.14. The van der Waals surface area contributed by atoms with Gasteiger partial charge in [0.05, 0.1) is 17.6 Å².